The summed E-state index contributed by atoms with van der Waals surface area (Å²) in [5, 5.41) is 0.887. The molecule has 124 valence electrons. The molecule has 0 bridgehead atoms. The Bertz CT molecular complexity index is 716. The van der Waals surface area contributed by atoms with Gasteiger partial charge in [0.1, 0.15) is 4.21 Å². The third-order valence-corrected chi connectivity index (χ3v) is 10.3. The Morgan fingerprint density at radius 1 is 1.23 bits per heavy atom. The van der Waals surface area contributed by atoms with Crippen LogP contribution in [0, 0.1) is 5.92 Å². The van der Waals surface area contributed by atoms with E-state index in [1.807, 2.05) is 0 Å². The molecule has 2 aliphatic heterocycles. The van der Waals surface area contributed by atoms with Crippen molar-refractivity contribution in [3.63, 3.8) is 0 Å². The molecule has 2 atom stereocenters. The van der Waals surface area contributed by atoms with E-state index in [0.29, 0.717) is 5.92 Å². The zero-order chi connectivity index (χ0) is 16.0. The first kappa shape index (κ1) is 16.4. The zero-order valence-corrected chi connectivity index (χ0v) is 15.0. The monoisotopic (exact) mass is 363 g/mol. The van der Waals surface area contributed by atoms with Crippen LogP contribution in [0.5, 0.6) is 0 Å². The second-order valence-corrected chi connectivity index (χ2v) is 11.9. The molecule has 3 heterocycles. The lowest BCUT2D eigenvalue weighted by Gasteiger charge is -2.36. The summed E-state index contributed by atoms with van der Waals surface area (Å²) >= 11 is 1.16. The quantitative estimate of drug-likeness (QED) is 0.812. The maximum Gasteiger partial charge on any atom is 0.193 e. The second kappa shape index (κ2) is 5.89. The third-order valence-electron chi connectivity index (χ3n) is 4.73. The first-order valence-electron chi connectivity index (χ1n) is 7.51. The first-order valence-corrected chi connectivity index (χ1v) is 11.8. The van der Waals surface area contributed by atoms with Gasteiger partial charge in [-0.3, -0.25) is 4.90 Å². The summed E-state index contributed by atoms with van der Waals surface area (Å²) in [6, 6.07) is 2.86. The van der Waals surface area contributed by atoms with Gasteiger partial charge in [0.25, 0.3) is 0 Å². The lowest BCUT2D eigenvalue weighted by molar-refractivity contribution is 0.151. The van der Waals surface area contributed by atoms with E-state index in [1.165, 1.54) is 0 Å². The number of thiophene rings is 1. The molecule has 0 saturated carbocycles. The van der Waals surface area contributed by atoms with Crippen molar-refractivity contribution in [2.45, 2.75) is 35.3 Å². The van der Waals surface area contributed by atoms with Crippen LogP contribution in [-0.4, -0.2) is 57.6 Å². The molecule has 22 heavy (non-hydrogen) atoms. The van der Waals surface area contributed by atoms with E-state index < -0.39 is 31.0 Å². The summed E-state index contributed by atoms with van der Waals surface area (Å²) in [5.74, 6) is 0.349. The Morgan fingerprint density at radius 3 is 2.50 bits per heavy atom. The molecule has 1 aromatic heterocycles. The highest BCUT2D eigenvalue weighted by molar-refractivity contribution is 7.97. The maximum atomic E-state index is 12.8. The Morgan fingerprint density at radius 2 is 1.91 bits per heavy atom. The summed E-state index contributed by atoms with van der Waals surface area (Å²) in [5.41, 5.74) is 0. The minimum Gasteiger partial charge on any atom is -0.298 e. The molecular weight excluding hydrogens is 342 g/mol. The fourth-order valence-electron chi connectivity index (χ4n) is 3.37. The second-order valence-electron chi connectivity index (χ2n) is 6.38. The topological polar surface area (TPSA) is 71.5 Å². The van der Waals surface area contributed by atoms with Crippen molar-refractivity contribution in [1.29, 1.82) is 0 Å². The number of sulfone groups is 2. The van der Waals surface area contributed by atoms with E-state index in [0.717, 1.165) is 37.3 Å². The largest absolute Gasteiger partial charge is 0.298 e. The van der Waals surface area contributed by atoms with Crippen molar-refractivity contribution in [2.75, 3.05) is 24.6 Å². The maximum absolute atomic E-state index is 12.8. The first-order chi connectivity index (χ1) is 10.3. The van der Waals surface area contributed by atoms with Gasteiger partial charge in [-0.2, -0.15) is 0 Å². The summed E-state index contributed by atoms with van der Waals surface area (Å²) < 4.78 is 50.1. The van der Waals surface area contributed by atoms with E-state index in [9.17, 15) is 16.8 Å². The van der Waals surface area contributed by atoms with Gasteiger partial charge in [0.05, 0.1) is 16.8 Å². The van der Waals surface area contributed by atoms with Crippen LogP contribution in [0.25, 0.3) is 0 Å². The van der Waals surface area contributed by atoms with Gasteiger partial charge < -0.3 is 0 Å². The molecule has 0 aliphatic carbocycles. The lowest BCUT2D eigenvalue weighted by atomic mass is 9.98. The predicted molar refractivity (Wildman–Crippen MR) is 87.7 cm³/mol. The Balaban J connectivity index is 1.91. The predicted octanol–water partition coefficient (Wildman–Crippen LogP) is 1.42. The Hall–Kier alpha value is -0.440. The van der Waals surface area contributed by atoms with Gasteiger partial charge in [0.15, 0.2) is 19.7 Å². The molecule has 0 aromatic carbocycles. The zero-order valence-electron chi connectivity index (χ0n) is 12.5. The van der Waals surface area contributed by atoms with Crippen molar-refractivity contribution in [3.05, 3.63) is 17.5 Å². The minimum atomic E-state index is -3.58. The Kier molecular flexibility index (Phi) is 4.39. The van der Waals surface area contributed by atoms with E-state index in [-0.39, 0.29) is 15.7 Å². The molecule has 1 aromatic rings. The molecule has 2 fully saturated rings. The van der Waals surface area contributed by atoms with Gasteiger partial charge in [-0.05, 0) is 43.3 Å². The van der Waals surface area contributed by atoms with Gasteiger partial charge in [-0.25, -0.2) is 16.8 Å². The smallest absolute Gasteiger partial charge is 0.193 e. The van der Waals surface area contributed by atoms with Gasteiger partial charge >= 0.3 is 0 Å². The highest BCUT2D eigenvalue weighted by Gasteiger charge is 2.48. The van der Waals surface area contributed by atoms with Crippen LogP contribution < -0.4 is 0 Å². The SMILES string of the molecule is CC1CCN(C2CS(=O)(=O)C[C@@H]2S(=O)(=O)c2cccs2)CC1. The van der Waals surface area contributed by atoms with E-state index in [2.05, 4.69) is 11.8 Å². The fourth-order valence-corrected chi connectivity index (χ4v) is 9.42. The number of piperidine rings is 1. The molecule has 2 saturated heterocycles. The van der Waals surface area contributed by atoms with Crippen LogP contribution in [0.3, 0.4) is 0 Å². The standard InChI is InChI=1S/C14H21NO4S3/c1-11-4-6-15(7-5-11)12-9-21(16,17)10-13(12)22(18,19)14-3-2-8-20-14/h2-3,8,11-13H,4-7,9-10H2,1H3/t12?,13-/m0/s1. The van der Waals surface area contributed by atoms with Crippen LogP contribution in [0.4, 0.5) is 0 Å². The van der Waals surface area contributed by atoms with Crippen LogP contribution >= 0.6 is 11.3 Å². The van der Waals surface area contributed by atoms with Gasteiger partial charge in [0.2, 0.25) is 0 Å². The van der Waals surface area contributed by atoms with Crippen LogP contribution in [-0.2, 0) is 19.7 Å². The number of nitrogens with zero attached hydrogens (tertiary/aromatic N) is 1. The highest BCUT2D eigenvalue weighted by Crippen LogP contribution is 2.32. The molecule has 3 rings (SSSR count). The van der Waals surface area contributed by atoms with Gasteiger partial charge in [0, 0.05) is 6.04 Å². The molecule has 0 radical (unpaired) electrons. The molecule has 1 unspecified atom stereocenters. The molecule has 8 heteroatoms. The Labute approximate surface area is 136 Å². The summed E-state index contributed by atoms with van der Waals surface area (Å²) in [4.78, 5) is 2.08. The number of hydrogen-bond donors (Lipinski definition) is 0. The minimum absolute atomic E-state index is 0.0311. The lowest BCUT2D eigenvalue weighted by Crippen LogP contribution is -2.49. The van der Waals surface area contributed by atoms with Crippen molar-refractivity contribution >= 4 is 31.0 Å². The average Bonchev–Trinajstić information content (AvgIpc) is 3.07. The van der Waals surface area contributed by atoms with Crippen molar-refractivity contribution in [3.8, 4) is 0 Å². The van der Waals surface area contributed by atoms with Gasteiger partial charge in [-0.15, -0.1) is 11.3 Å². The fraction of sp³-hybridized carbons (Fsp3) is 0.714. The average molecular weight is 364 g/mol. The van der Waals surface area contributed by atoms with Crippen molar-refractivity contribution in [2.24, 2.45) is 5.92 Å². The molecule has 0 spiro atoms. The summed E-state index contributed by atoms with van der Waals surface area (Å²) in [6.45, 7) is 3.76. The third kappa shape index (κ3) is 3.11. The number of hydrogen-bond acceptors (Lipinski definition) is 6. The number of rotatable bonds is 3. The van der Waals surface area contributed by atoms with Gasteiger partial charge in [-0.1, -0.05) is 13.0 Å². The molecular formula is C14H21NO4S3. The van der Waals surface area contributed by atoms with E-state index in [1.54, 1.807) is 17.5 Å². The van der Waals surface area contributed by atoms with Crippen LogP contribution in [0.15, 0.2) is 21.7 Å². The van der Waals surface area contributed by atoms with Crippen molar-refractivity contribution < 1.29 is 16.8 Å². The van der Waals surface area contributed by atoms with Crippen LogP contribution in [0.1, 0.15) is 19.8 Å². The molecule has 5 nitrogen and oxygen atoms in total. The van der Waals surface area contributed by atoms with Crippen molar-refractivity contribution in [1.82, 2.24) is 4.90 Å². The van der Waals surface area contributed by atoms with E-state index in [4.69, 9.17) is 0 Å². The molecule has 2 aliphatic rings. The van der Waals surface area contributed by atoms with E-state index >= 15 is 0 Å². The molecule has 0 N–H and O–H groups in total. The highest BCUT2D eigenvalue weighted by atomic mass is 32.2. The van der Waals surface area contributed by atoms with Crippen LogP contribution in [0.2, 0.25) is 0 Å². The summed E-state index contributed by atoms with van der Waals surface area (Å²) in [7, 11) is -6.88. The normalized spacial score (nSPS) is 30.6. The molecule has 0 amide bonds. The summed E-state index contributed by atoms with van der Waals surface area (Å²) in [6.07, 6.45) is 2.00. The number of likely N-dealkylation sites (tertiary alicyclic amines) is 1.